The van der Waals surface area contributed by atoms with E-state index < -0.39 is 11.8 Å². The molecule has 4 nitrogen and oxygen atoms in total. The molecule has 63 valence electrons. The van der Waals surface area contributed by atoms with Gasteiger partial charge in [0.05, 0.1) is 12.5 Å². The van der Waals surface area contributed by atoms with Gasteiger partial charge in [-0.25, -0.2) is 0 Å². The Morgan fingerprint density at radius 3 is 2.55 bits per heavy atom. The number of nitrogens with two attached hydrogens (primary N) is 1. The molecular formula is C6H13BNO3. The van der Waals surface area contributed by atoms with Crippen molar-refractivity contribution in [1.82, 2.24) is 0 Å². The molecule has 3 N–H and O–H groups in total. The van der Waals surface area contributed by atoms with Crippen LogP contribution < -0.4 is 5.73 Å². The Hall–Kier alpha value is -0.545. The minimum atomic E-state index is -0.881. The van der Waals surface area contributed by atoms with Crippen LogP contribution in [-0.4, -0.2) is 25.3 Å². The van der Waals surface area contributed by atoms with Crippen molar-refractivity contribution < 1.29 is 14.6 Å². The summed E-state index contributed by atoms with van der Waals surface area (Å²) in [6, 6.07) is 0. The van der Waals surface area contributed by atoms with Crippen LogP contribution in [0.3, 0.4) is 0 Å². The maximum Gasteiger partial charge on any atom is 0.309 e. The van der Waals surface area contributed by atoms with E-state index in [-0.39, 0.29) is 12.6 Å². The fraction of sp³-hybridized carbons (Fsp3) is 0.833. The Kier molecular flexibility index (Phi) is 4.90. The van der Waals surface area contributed by atoms with E-state index in [1.54, 1.807) is 0 Å². The van der Waals surface area contributed by atoms with Crippen LogP contribution in [0.4, 0.5) is 0 Å². The highest BCUT2D eigenvalue weighted by molar-refractivity contribution is 6.36. The van der Waals surface area contributed by atoms with Crippen LogP contribution in [0.15, 0.2) is 0 Å². The highest BCUT2D eigenvalue weighted by atomic mass is 16.4. The van der Waals surface area contributed by atoms with Gasteiger partial charge < -0.3 is 15.5 Å². The largest absolute Gasteiger partial charge is 0.481 e. The summed E-state index contributed by atoms with van der Waals surface area (Å²) in [7, 11) is 1.27. The number of carbonyl (C=O) groups is 1. The van der Waals surface area contributed by atoms with Gasteiger partial charge in [0.25, 0.3) is 0 Å². The molecule has 0 aliphatic rings. The molecule has 0 fully saturated rings. The summed E-state index contributed by atoms with van der Waals surface area (Å²) in [5, 5.41) is 8.62. The summed E-state index contributed by atoms with van der Waals surface area (Å²) in [4.78, 5) is 10.5. The molecule has 11 heavy (non-hydrogen) atoms. The maximum atomic E-state index is 10.5. The minimum absolute atomic E-state index is 0.0243. The van der Waals surface area contributed by atoms with Gasteiger partial charge in [0, 0.05) is 0 Å². The van der Waals surface area contributed by atoms with Crippen molar-refractivity contribution in [3.63, 3.8) is 0 Å². The summed E-state index contributed by atoms with van der Waals surface area (Å²) in [6.07, 6.45) is 0. The second-order valence-electron chi connectivity index (χ2n) is 2.58. The molecule has 0 saturated heterocycles. The molecule has 0 aromatic rings. The number of hydrogen-bond donors (Lipinski definition) is 2. The second-order valence-corrected chi connectivity index (χ2v) is 2.58. The Morgan fingerprint density at radius 2 is 2.27 bits per heavy atom. The van der Waals surface area contributed by atoms with E-state index in [1.165, 1.54) is 7.48 Å². The van der Waals surface area contributed by atoms with E-state index in [9.17, 15) is 4.79 Å². The zero-order valence-corrected chi connectivity index (χ0v) is 6.78. The number of rotatable bonds is 5. The van der Waals surface area contributed by atoms with Gasteiger partial charge in [-0.15, -0.1) is 0 Å². The summed E-state index contributed by atoms with van der Waals surface area (Å²) in [5.74, 6) is -1.42. The second kappa shape index (κ2) is 5.15. The summed E-state index contributed by atoms with van der Waals surface area (Å²) in [6.45, 7) is 3.65. The molecule has 0 rings (SSSR count). The molecule has 0 heterocycles. The summed E-state index contributed by atoms with van der Waals surface area (Å²) < 4.78 is 4.69. The molecule has 0 saturated carbocycles. The molecule has 0 bridgehead atoms. The first-order chi connectivity index (χ1) is 5.09. The van der Waals surface area contributed by atoms with Gasteiger partial charge >= 0.3 is 13.5 Å². The maximum absolute atomic E-state index is 10.5. The Labute approximate surface area is 67.0 Å². The first-order valence-corrected chi connectivity index (χ1v) is 3.47. The number of hydrogen-bond acceptors (Lipinski definition) is 3. The molecule has 1 radical (unpaired) electrons. The van der Waals surface area contributed by atoms with Crippen LogP contribution in [0.1, 0.15) is 13.8 Å². The quantitative estimate of drug-likeness (QED) is 0.438. The average Bonchev–Trinajstić information content (AvgIpc) is 1.87. The van der Waals surface area contributed by atoms with Crippen molar-refractivity contribution in [2.24, 2.45) is 11.7 Å². The molecular weight excluding hydrogens is 145 g/mol. The van der Waals surface area contributed by atoms with Crippen LogP contribution in [0, 0.1) is 5.92 Å². The normalized spacial score (nSPS) is 13.1. The van der Waals surface area contributed by atoms with Crippen LogP contribution in [0.5, 0.6) is 0 Å². The predicted molar refractivity (Wildman–Crippen MR) is 42.1 cm³/mol. The van der Waals surface area contributed by atoms with Crippen molar-refractivity contribution in [3.8, 4) is 0 Å². The number of carboxylic acids is 1. The van der Waals surface area contributed by atoms with E-state index >= 15 is 0 Å². The smallest absolute Gasteiger partial charge is 0.309 e. The molecule has 0 aliphatic heterocycles. The molecule has 0 aromatic carbocycles. The van der Waals surface area contributed by atoms with Crippen molar-refractivity contribution in [2.45, 2.75) is 19.7 Å². The van der Waals surface area contributed by atoms with E-state index in [1.807, 2.05) is 13.8 Å². The van der Waals surface area contributed by atoms with Crippen molar-refractivity contribution in [2.75, 3.05) is 6.73 Å². The highest BCUT2D eigenvalue weighted by Gasteiger charge is 2.23. The zero-order valence-electron chi connectivity index (χ0n) is 6.78. The number of carboxylic acid groups (broad SMARTS) is 1. The standard InChI is InChI=1S/C6H13BNO3/c1-4(2)5(6(9)10)7-11-3-8/h4-5H,3,8H2,1-2H3,(H,9,10)/t5-/m0/s1. The molecule has 0 aromatic heterocycles. The molecule has 1 atom stereocenters. The first-order valence-electron chi connectivity index (χ1n) is 3.47. The van der Waals surface area contributed by atoms with Crippen molar-refractivity contribution in [3.05, 3.63) is 0 Å². The van der Waals surface area contributed by atoms with Crippen LogP contribution >= 0.6 is 0 Å². The van der Waals surface area contributed by atoms with E-state index in [4.69, 9.17) is 15.5 Å². The monoisotopic (exact) mass is 158 g/mol. The Bertz CT molecular complexity index is 129. The Morgan fingerprint density at radius 1 is 1.73 bits per heavy atom. The lowest BCUT2D eigenvalue weighted by Crippen LogP contribution is -2.23. The first kappa shape index (κ1) is 10.5. The highest BCUT2D eigenvalue weighted by Crippen LogP contribution is 2.15. The van der Waals surface area contributed by atoms with E-state index in [0.717, 1.165) is 0 Å². The van der Waals surface area contributed by atoms with Gasteiger partial charge in [0.2, 0.25) is 0 Å². The van der Waals surface area contributed by atoms with Gasteiger partial charge in [-0.1, -0.05) is 13.8 Å². The summed E-state index contributed by atoms with van der Waals surface area (Å²) >= 11 is 0. The lowest BCUT2D eigenvalue weighted by molar-refractivity contribution is -0.138. The third-order valence-electron chi connectivity index (χ3n) is 1.34. The fourth-order valence-corrected chi connectivity index (χ4v) is 0.660. The topological polar surface area (TPSA) is 72.5 Å². The van der Waals surface area contributed by atoms with Gasteiger partial charge in [-0.2, -0.15) is 0 Å². The van der Waals surface area contributed by atoms with Crippen molar-refractivity contribution >= 4 is 13.5 Å². The third-order valence-corrected chi connectivity index (χ3v) is 1.34. The number of aliphatic carboxylic acids is 1. The lowest BCUT2D eigenvalue weighted by Gasteiger charge is -2.13. The SMILES string of the molecule is CC(C)[C@H]([B]OCN)C(=O)O. The molecule has 0 unspecified atom stereocenters. The molecule has 0 spiro atoms. The molecule has 5 heteroatoms. The summed E-state index contributed by atoms with van der Waals surface area (Å²) in [5.41, 5.74) is 5.03. The lowest BCUT2D eigenvalue weighted by atomic mass is 9.72. The fourth-order valence-electron chi connectivity index (χ4n) is 0.660. The minimum Gasteiger partial charge on any atom is -0.481 e. The van der Waals surface area contributed by atoms with Gasteiger partial charge in [0.15, 0.2) is 0 Å². The van der Waals surface area contributed by atoms with Gasteiger partial charge in [-0.05, 0) is 5.92 Å². The predicted octanol–water partition coefficient (Wildman–Crippen LogP) is 0.0675. The Balaban J connectivity index is 3.80. The van der Waals surface area contributed by atoms with Crippen LogP contribution in [0.2, 0.25) is 5.82 Å². The average molecular weight is 158 g/mol. The third kappa shape index (κ3) is 4.00. The molecule has 0 aliphatic carbocycles. The zero-order chi connectivity index (χ0) is 8.85. The van der Waals surface area contributed by atoms with Crippen molar-refractivity contribution in [1.29, 1.82) is 0 Å². The van der Waals surface area contributed by atoms with E-state index in [0.29, 0.717) is 0 Å². The molecule has 0 amide bonds. The van der Waals surface area contributed by atoms with Gasteiger partial charge in [-0.3, -0.25) is 4.79 Å². The van der Waals surface area contributed by atoms with E-state index in [2.05, 4.69) is 0 Å². The van der Waals surface area contributed by atoms with Gasteiger partial charge in [0.1, 0.15) is 0 Å². The van der Waals surface area contributed by atoms with Crippen LogP contribution in [-0.2, 0) is 9.45 Å². The van der Waals surface area contributed by atoms with Crippen LogP contribution in [0.25, 0.3) is 0 Å².